The van der Waals surface area contributed by atoms with Gasteiger partial charge in [0.15, 0.2) is 0 Å². The third kappa shape index (κ3) is 3.61. The van der Waals surface area contributed by atoms with E-state index in [0.717, 1.165) is 10.6 Å². The third-order valence-corrected chi connectivity index (χ3v) is 3.81. The number of nitrogens with one attached hydrogen (secondary N) is 1. The number of amides is 1. The molecular formula is C14H15FN2O2S. The first-order valence-electron chi connectivity index (χ1n) is 6.08. The van der Waals surface area contributed by atoms with Crippen molar-refractivity contribution in [2.24, 2.45) is 0 Å². The molecule has 0 bridgehead atoms. The Bertz CT molecular complexity index is 596. The Kier molecular flexibility index (Phi) is 4.81. The van der Waals surface area contributed by atoms with E-state index in [1.54, 1.807) is 26.2 Å². The monoisotopic (exact) mass is 294 g/mol. The van der Waals surface area contributed by atoms with Crippen molar-refractivity contribution in [2.45, 2.75) is 20.1 Å². The van der Waals surface area contributed by atoms with Crippen molar-refractivity contribution < 1.29 is 13.9 Å². The van der Waals surface area contributed by atoms with Gasteiger partial charge in [0.05, 0.1) is 12.3 Å². The van der Waals surface area contributed by atoms with E-state index in [0.29, 0.717) is 23.7 Å². The van der Waals surface area contributed by atoms with Gasteiger partial charge in [0.2, 0.25) is 0 Å². The van der Waals surface area contributed by atoms with Crippen LogP contribution in [0.4, 0.5) is 4.39 Å². The predicted octanol–water partition coefficient (Wildman–Crippen LogP) is 2.67. The number of rotatable bonds is 5. The molecule has 2 aromatic rings. The molecule has 4 nitrogen and oxygen atoms in total. The van der Waals surface area contributed by atoms with Crippen LogP contribution in [-0.4, -0.2) is 18.0 Å². The smallest absolute Gasteiger partial charge is 0.263 e. The van der Waals surface area contributed by atoms with Crippen LogP contribution in [0, 0.1) is 12.7 Å². The lowest BCUT2D eigenvalue weighted by molar-refractivity contribution is 0.0954. The molecule has 1 aromatic heterocycles. The largest absolute Gasteiger partial charge is 0.378 e. The molecule has 1 heterocycles. The van der Waals surface area contributed by atoms with Crippen LogP contribution in [0.5, 0.6) is 0 Å². The molecule has 0 saturated carbocycles. The number of hydrogen-bond donors (Lipinski definition) is 1. The molecule has 0 atom stereocenters. The maximum absolute atomic E-state index is 12.8. The zero-order chi connectivity index (χ0) is 14.5. The lowest BCUT2D eigenvalue weighted by Gasteiger charge is -2.04. The van der Waals surface area contributed by atoms with Gasteiger partial charge in [-0.3, -0.25) is 4.79 Å². The molecule has 0 saturated heterocycles. The molecule has 2 rings (SSSR count). The zero-order valence-electron chi connectivity index (χ0n) is 11.3. The quantitative estimate of drug-likeness (QED) is 0.922. The van der Waals surface area contributed by atoms with Crippen LogP contribution in [0.3, 0.4) is 0 Å². The molecule has 0 fully saturated rings. The summed E-state index contributed by atoms with van der Waals surface area (Å²) >= 11 is 1.32. The van der Waals surface area contributed by atoms with E-state index in [4.69, 9.17) is 4.74 Å². The highest BCUT2D eigenvalue weighted by atomic mass is 32.1. The Morgan fingerprint density at radius 3 is 2.75 bits per heavy atom. The maximum Gasteiger partial charge on any atom is 0.263 e. The molecule has 0 radical (unpaired) electrons. The highest BCUT2D eigenvalue weighted by Gasteiger charge is 2.14. The minimum Gasteiger partial charge on any atom is -0.378 e. The Labute approximate surface area is 120 Å². The summed E-state index contributed by atoms with van der Waals surface area (Å²) < 4.78 is 17.8. The minimum atomic E-state index is -0.289. The summed E-state index contributed by atoms with van der Waals surface area (Å²) in [5.74, 6) is -0.464. The second kappa shape index (κ2) is 6.58. The summed E-state index contributed by atoms with van der Waals surface area (Å²) in [5, 5.41) is 3.57. The summed E-state index contributed by atoms with van der Waals surface area (Å²) in [7, 11) is 1.59. The Hall–Kier alpha value is -1.79. The standard InChI is InChI=1S/C14H15FN2O2S/c1-9-13(20-12(17-9)8-19-2)14(18)16-7-10-3-5-11(15)6-4-10/h3-6H,7-8H2,1-2H3,(H,16,18). The fraction of sp³-hybridized carbons (Fsp3) is 0.286. The number of methoxy groups -OCH3 is 1. The average molecular weight is 294 g/mol. The molecule has 0 aliphatic heterocycles. The van der Waals surface area contributed by atoms with E-state index < -0.39 is 0 Å². The van der Waals surface area contributed by atoms with Gasteiger partial charge in [0, 0.05) is 13.7 Å². The molecular weight excluding hydrogens is 279 g/mol. The van der Waals surface area contributed by atoms with E-state index in [2.05, 4.69) is 10.3 Å². The SMILES string of the molecule is COCc1nc(C)c(C(=O)NCc2ccc(F)cc2)s1. The van der Waals surface area contributed by atoms with E-state index in [1.807, 2.05) is 0 Å². The van der Waals surface area contributed by atoms with Crippen LogP contribution >= 0.6 is 11.3 Å². The van der Waals surface area contributed by atoms with Gasteiger partial charge in [-0.25, -0.2) is 9.37 Å². The van der Waals surface area contributed by atoms with Gasteiger partial charge in [0.25, 0.3) is 5.91 Å². The lowest BCUT2D eigenvalue weighted by atomic mass is 10.2. The van der Waals surface area contributed by atoms with Gasteiger partial charge in [-0.15, -0.1) is 11.3 Å². The zero-order valence-corrected chi connectivity index (χ0v) is 12.1. The van der Waals surface area contributed by atoms with E-state index >= 15 is 0 Å². The summed E-state index contributed by atoms with van der Waals surface area (Å²) in [6.45, 7) is 2.55. The van der Waals surface area contributed by atoms with Gasteiger partial charge in [-0.1, -0.05) is 12.1 Å². The van der Waals surface area contributed by atoms with Crippen LogP contribution in [0.25, 0.3) is 0 Å². The van der Waals surface area contributed by atoms with E-state index in [1.165, 1.54) is 23.5 Å². The fourth-order valence-electron chi connectivity index (χ4n) is 1.71. The molecule has 0 aliphatic carbocycles. The van der Waals surface area contributed by atoms with Gasteiger partial charge in [-0.05, 0) is 24.6 Å². The summed E-state index contributed by atoms with van der Waals surface area (Å²) in [5.41, 5.74) is 1.54. The first-order valence-corrected chi connectivity index (χ1v) is 6.89. The number of ether oxygens (including phenoxy) is 1. The van der Waals surface area contributed by atoms with Crippen molar-refractivity contribution in [1.82, 2.24) is 10.3 Å². The topological polar surface area (TPSA) is 51.2 Å². The average Bonchev–Trinajstić information content (AvgIpc) is 2.79. The van der Waals surface area contributed by atoms with Crippen LogP contribution in [0.2, 0.25) is 0 Å². The normalized spacial score (nSPS) is 10.6. The molecule has 1 aromatic carbocycles. The molecule has 0 aliphatic rings. The van der Waals surface area contributed by atoms with Crippen molar-refractivity contribution in [3.05, 3.63) is 51.2 Å². The first-order chi connectivity index (χ1) is 9.60. The molecule has 106 valence electrons. The molecule has 6 heteroatoms. The Morgan fingerprint density at radius 1 is 1.40 bits per heavy atom. The summed E-state index contributed by atoms with van der Waals surface area (Å²) in [6.07, 6.45) is 0. The molecule has 1 amide bonds. The predicted molar refractivity (Wildman–Crippen MR) is 75.1 cm³/mol. The fourth-order valence-corrected chi connectivity index (χ4v) is 2.67. The number of thiazole rings is 1. The lowest BCUT2D eigenvalue weighted by Crippen LogP contribution is -2.22. The number of halogens is 1. The summed E-state index contributed by atoms with van der Waals surface area (Å²) in [6, 6.07) is 6.03. The summed E-state index contributed by atoms with van der Waals surface area (Å²) in [4.78, 5) is 16.9. The number of carbonyl (C=O) groups excluding carboxylic acids is 1. The molecule has 1 N–H and O–H groups in total. The molecule has 20 heavy (non-hydrogen) atoms. The van der Waals surface area contributed by atoms with Gasteiger partial charge >= 0.3 is 0 Å². The second-order valence-corrected chi connectivity index (χ2v) is 5.35. The molecule has 0 unspecified atom stereocenters. The number of benzene rings is 1. The van der Waals surface area contributed by atoms with Crippen molar-refractivity contribution in [2.75, 3.05) is 7.11 Å². The second-order valence-electron chi connectivity index (χ2n) is 4.26. The number of hydrogen-bond acceptors (Lipinski definition) is 4. The van der Waals surface area contributed by atoms with Crippen LogP contribution in [0.15, 0.2) is 24.3 Å². The van der Waals surface area contributed by atoms with Crippen molar-refractivity contribution in [3.8, 4) is 0 Å². The third-order valence-electron chi connectivity index (χ3n) is 2.68. The first kappa shape index (κ1) is 14.6. The minimum absolute atomic E-state index is 0.174. The number of nitrogens with zero attached hydrogens (tertiary/aromatic N) is 1. The van der Waals surface area contributed by atoms with Crippen LogP contribution < -0.4 is 5.32 Å². The van der Waals surface area contributed by atoms with Crippen LogP contribution in [0.1, 0.15) is 25.9 Å². The van der Waals surface area contributed by atoms with E-state index in [-0.39, 0.29) is 11.7 Å². The van der Waals surface area contributed by atoms with Gasteiger partial charge < -0.3 is 10.1 Å². The number of aromatic nitrogens is 1. The Morgan fingerprint density at radius 2 is 2.10 bits per heavy atom. The van der Waals surface area contributed by atoms with Gasteiger partial charge in [0.1, 0.15) is 15.7 Å². The maximum atomic E-state index is 12.8. The highest BCUT2D eigenvalue weighted by molar-refractivity contribution is 7.13. The highest BCUT2D eigenvalue weighted by Crippen LogP contribution is 2.18. The Balaban J connectivity index is 1.99. The van der Waals surface area contributed by atoms with Crippen molar-refractivity contribution >= 4 is 17.2 Å². The van der Waals surface area contributed by atoms with Crippen LogP contribution in [-0.2, 0) is 17.9 Å². The van der Waals surface area contributed by atoms with Gasteiger partial charge in [-0.2, -0.15) is 0 Å². The van der Waals surface area contributed by atoms with Crippen molar-refractivity contribution in [3.63, 3.8) is 0 Å². The molecule has 0 spiro atoms. The number of aryl methyl sites for hydroxylation is 1. The number of carbonyl (C=O) groups is 1. The van der Waals surface area contributed by atoms with E-state index in [9.17, 15) is 9.18 Å². The van der Waals surface area contributed by atoms with Crippen molar-refractivity contribution in [1.29, 1.82) is 0 Å².